The molecular formula is C22H29N5O3. The number of rotatable bonds is 8. The van der Waals surface area contributed by atoms with Gasteiger partial charge in [-0.15, -0.1) is 0 Å². The van der Waals surface area contributed by atoms with Crippen LogP contribution in [0.2, 0.25) is 0 Å². The number of hydrogen-bond acceptors (Lipinski definition) is 6. The molecule has 0 radical (unpaired) electrons. The molecule has 1 aromatic carbocycles. The zero-order valence-electron chi connectivity index (χ0n) is 17.4. The van der Waals surface area contributed by atoms with Crippen molar-refractivity contribution >= 4 is 11.6 Å². The number of methoxy groups -OCH3 is 1. The summed E-state index contributed by atoms with van der Waals surface area (Å²) in [7, 11) is 1.67. The maximum absolute atomic E-state index is 12.5. The Kier molecular flexibility index (Phi) is 6.32. The highest BCUT2D eigenvalue weighted by Crippen LogP contribution is 2.34. The van der Waals surface area contributed by atoms with Gasteiger partial charge in [0.2, 0.25) is 0 Å². The lowest BCUT2D eigenvalue weighted by molar-refractivity contribution is -0.114. The predicted molar refractivity (Wildman–Crippen MR) is 113 cm³/mol. The fourth-order valence-electron chi connectivity index (χ4n) is 4.16. The summed E-state index contributed by atoms with van der Waals surface area (Å²) in [6.07, 6.45) is 8.82. The molecule has 1 unspecified atom stereocenters. The number of ether oxygens (including phenoxy) is 1. The van der Waals surface area contributed by atoms with E-state index < -0.39 is 0 Å². The van der Waals surface area contributed by atoms with Crippen molar-refractivity contribution in [2.45, 2.75) is 44.4 Å². The first-order valence-electron chi connectivity index (χ1n) is 10.5. The number of aromatic nitrogens is 2. The van der Waals surface area contributed by atoms with Crippen LogP contribution in [-0.2, 0) is 22.7 Å². The molecular weight excluding hydrogens is 382 g/mol. The van der Waals surface area contributed by atoms with Gasteiger partial charge in [-0.3, -0.25) is 9.69 Å². The average molecular weight is 412 g/mol. The summed E-state index contributed by atoms with van der Waals surface area (Å²) >= 11 is 0. The molecule has 2 aliphatic rings. The van der Waals surface area contributed by atoms with Crippen LogP contribution < -0.4 is 10.1 Å². The minimum Gasteiger partial charge on any atom is -0.497 e. The smallest absolute Gasteiger partial charge is 0.269 e. The Morgan fingerprint density at radius 2 is 2.20 bits per heavy atom. The van der Waals surface area contributed by atoms with Gasteiger partial charge in [0.05, 0.1) is 13.4 Å². The van der Waals surface area contributed by atoms with Crippen molar-refractivity contribution in [3.8, 4) is 5.75 Å². The molecule has 1 fully saturated rings. The van der Waals surface area contributed by atoms with Gasteiger partial charge in [-0.1, -0.05) is 17.3 Å². The van der Waals surface area contributed by atoms with Gasteiger partial charge < -0.3 is 19.5 Å². The number of hydrogen-bond donors (Lipinski definition) is 1. The summed E-state index contributed by atoms with van der Waals surface area (Å²) in [6, 6.07) is 8.16. The van der Waals surface area contributed by atoms with Gasteiger partial charge in [-0.2, -0.15) is 0 Å². The number of aryl methyl sites for hydroxylation is 1. The number of carbonyl (C=O) groups is 1. The molecule has 30 heavy (non-hydrogen) atoms. The summed E-state index contributed by atoms with van der Waals surface area (Å²) in [5.74, 6) is 0.742. The van der Waals surface area contributed by atoms with E-state index in [4.69, 9.17) is 9.57 Å². The van der Waals surface area contributed by atoms with Crippen LogP contribution in [0.5, 0.6) is 5.75 Å². The SMILES string of the molecule is COc1ccc(CN2CCCC3(CC(C(=O)NCCCn4ccnc4)=NO3)C2)cc1. The molecule has 2 aromatic rings. The van der Waals surface area contributed by atoms with E-state index >= 15 is 0 Å². The average Bonchev–Trinajstić information content (AvgIpc) is 3.42. The van der Waals surface area contributed by atoms with E-state index in [-0.39, 0.29) is 11.5 Å². The van der Waals surface area contributed by atoms with Crippen molar-refractivity contribution < 1.29 is 14.4 Å². The van der Waals surface area contributed by atoms with E-state index in [2.05, 4.69) is 32.5 Å². The molecule has 1 spiro atoms. The van der Waals surface area contributed by atoms with Crippen molar-refractivity contribution in [1.82, 2.24) is 19.8 Å². The number of likely N-dealkylation sites (tertiary alicyclic amines) is 1. The highest BCUT2D eigenvalue weighted by Gasteiger charge is 2.44. The number of piperidine rings is 1. The number of imidazole rings is 1. The maximum atomic E-state index is 12.5. The Hall–Kier alpha value is -2.87. The Morgan fingerprint density at radius 3 is 2.97 bits per heavy atom. The van der Waals surface area contributed by atoms with Crippen LogP contribution in [0.4, 0.5) is 0 Å². The van der Waals surface area contributed by atoms with Crippen LogP contribution in [0.25, 0.3) is 0 Å². The molecule has 4 rings (SSSR count). The third-order valence-electron chi connectivity index (χ3n) is 5.72. The van der Waals surface area contributed by atoms with Crippen LogP contribution >= 0.6 is 0 Å². The van der Waals surface area contributed by atoms with E-state index in [1.807, 2.05) is 22.9 Å². The molecule has 1 amide bonds. The van der Waals surface area contributed by atoms with Gasteiger partial charge in [0.25, 0.3) is 5.91 Å². The van der Waals surface area contributed by atoms with Crippen LogP contribution in [0.1, 0.15) is 31.2 Å². The molecule has 160 valence electrons. The van der Waals surface area contributed by atoms with Gasteiger partial charge >= 0.3 is 0 Å². The zero-order chi connectivity index (χ0) is 20.8. The topological polar surface area (TPSA) is 81.0 Å². The van der Waals surface area contributed by atoms with Crippen molar-refractivity contribution in [2.24, 2.45) is 5.16 Å². The number of oxime groups is 1. The summed E-state index contributed by atoms with van der Waals surface area (Å²) < 4.78 is 7.23. The van der Waals surface area contributed by atoms with Crippen molar-refractivity contribution in [3.05, 3.63) is 48.5 Å². The lowest BCUT2D eigenvalue weighted by atomic mass is 9.88. The lowest BCUT2D eigenvalue weighted by Gasteiger charge is -2.38. The zero-order valence-corrected chi connectivity index (χ0v) is 17.4. The molecule has 1 aromatic heterocycles. The van der Waals surface area contributed by atoms with E-state index in [0.717, 1.165) is 51.2 Å². The largest absolute Gasteiger partial charge is 0.497 e. The quantitative estimate of drug-likeness (QED) is 0.674. The first kappa shape index (κ1) is 20.4. The summed E-state index contributed by atoms with van der Waals surface area (Å²) in [5, 5.41) is 7.11. The highest BCUT2D eigenvalue weighted by molar-refractivity contribution is 6.39. The second-order valence-corrected chi connectivity index (χ2v) is 8.06. The monoisotopic (exact) mass is 411 g/mol. The number of benzene rings is 1. The maximum Gasteiger partial charge on any atom is 0.269 e. The fourth-order valence-corrected chi connectivity index (χ4v) is 4.16. The first-order valence-corrected chi connectivity index (χ1v) is 10.5. The lowest BCUT2D eigenvalue weighted by Crippen LogP contribution is -2.48. The van der Waals surface area contributed by atoms with Crippen LogP contribution in [-0.4, -0.2) is 58.4 Å². The molecule has 0 aliphatic carbocycles. The second kappa shape index (κ2) is 9.30. The second-order valence-electron chi connectivity index (χ2n) is 8.06. The van der Waals surface area contributed by atoms with Crippen LogP contribution in [0.3, 0.4) is 0 Å². The third-order valence-corrected chi connectivity index (χ3v) is 5.72. The van der Waals surface area contributed by atoms with E-state index in [1.54, 1.807) is 19.6 Å². The van der Waals surface area contributed by atoms with Gasteiger partial charge in [-0.25, -0.2) is 4.98 Å². The van der Waals surface area contributed by atoms with Crippen molar-refractivity contribution in [2.75, 3.05) is 26.7 Å². The van der Waals surface area contributed by atoms with Crippen LogP contribution in [0, 0.1) is 0 Å². The van der Waals surface area contributed by atoms with E-state index in [9.17, 15) is 4.79 Å². The molecule has 0 bridgehead atoms. The van der Waals surface area contributed by atoms with Gasteiger partial charge in [-0.05, 0) is 43.5 Å². The Bertz CT molecular complexity index is 865. The fraction of sp³-hybridized carbons (Fsp3) is 0.500. The molecule has 8 heteroatoms. The minimum atomic E-state index is -0.381. The number of amides is 1. The van der Waals surface area contributed by atoms with Gasteiger partial charge in [0.1, 0.15) is 11.5 Å². The number of carbonyl (C=O) groups excluding carboxylic acids is 1. The van der Waals surface area contributed by atoms with E-state index in [1.165, 1.54) is 5.56 Å². The molecule has 1 N–H and O–H groups in total. The highest BCUT2D eigenvalue weighted by atomic mass is 16.7. The van der Waals surface area contributed by atoms with Gasteiger partial charge in [0.15, 0.2) is 5.60 Å². The first-order chi connectivity index (χ1) is 14.7. The molecule has 3 heterocycles. The van der Waals surface area contributed by atoms with Crippen molar-refractivity contribution in [1.29, 1.82) is 0 Å². The Labute approximate surface area is 176 Å². The van der Waals surface area contributed by atoms with Crippen molar-refractivity contribution in [3.63, 3.8) is 0 Å². The Morgan fingerprint density at radius 1 is 1.33 bits per heavy atom. The molecule has 8 nitrogen and oxygen atoms in total. The number of nitrogens with zero attached hydrogens (tertiary/aromatic N) is 4. The molecule has 2 aliphatic heterocycles. The summed E-state index contributed by atoms with van der Waals surface area (Å²) in [6.45, 7) is 4.08. The molecule has 1 saturated heterocycles. The normalized spacial score (nSPS) is 21.3. The predicted octanol–water partition coefficient (Wildman–Crippen LogP) is 2.21. The van der Waals surface area contributed by atoms with Crippen LogP contribution in [0.15, 0.2) is 48.1 Å². The number of nitrogens with one attached hydrogen (secondary N) is 1. The third kappa shape index (κ3) is 4.99. The minimum absolute atomic E-state index is 0.121. The summed E-state index contributed by atoms with van der Waals surface area (Å²) in [4.78, 5) is 24.7. The summed E-state index contributed by atoms with van der Waals surface area (Å²) in [5.41, 5.74) is 1.36. The Balaban J connectivity index is 1.24. The van der Waals surface area contributed by atoms with E-state index in [0.29, 0.717) is 18.7 Å². The van der Waals surface area contributed by atoms with Gasteiger partial charge in [0, 0.05) is 45.0 Å². The molecule has 0 saturated carbocycles. The molecule has 1 atom stereocenters. The standard InChI is InChI=1S/C22H29N5O3/c1-29-19-6-4-18(5-7-19)15-27-11-2-8-22(16-27)14-20(25-30-22)21(28)24-9-3-12-26-13-10-23-17-26/h4-7,10,13,17H,2-3,8-9,11-12,14-16H2,1H3,(H,24,28).